The molecule has 0 fully saturated rings. The van der Waals surface area contributed by atoms with E-state index in [1.165, 1.54) is 82.3 Å². The first kappa shape index (κ1) is 37.3. The van der Waals surface area contributed by atoms with Crippen LogP contribution in [0.25, 0.3) is 93.5 Å². The van der Waals surface area contributed by atoms with Gasteiger partial charge in [-0.1, -0.05) is 200 Å². The maximum absolute atomic E-state index is 2.47. The predicted molar refractivity (Wildman–Crippen MR) is 272 cm³/mol. The van der Waals surface area contributed by atoms with Crippen LogP contribution in [-0.4, -0.2) is 4.57 Å². The molecule has 1 heterocycles. The summed E-state index contributed by atoms with van der Waals surface area (Å²) in [6.45, 7) is 0. The minimum Gasteiger partial charge on any atom is -0.310 e. The Morgan fingerprint density at radius 2 is 0.797 bits per heavy atom. The molecule has 300 valence electrons. The zero-order valence-corrected chi connectivity index (χ0v) is 35.1. The minimum absolute atomic E-state index is 1.08. The van der Waals surface area contributed by atoms with Gasteiger partial charge in [0.25, 0.3) is 0 Å². The number of hydrogen-bond acceptors (Lipinski definition) is 1. The number of aromatic nitrogens is 1. The van der Waals surface area contributed by atoms with E-state index in [1.807, 2.05) is 0 Å². The third kappa shape index (κ3) is 6.44. The SMILES string of the molecule is c1ccc(-c2ccc(N(c3ccc(-c4cc(-c5ccccc5)ccc4-n4c5ccccc5c5c6ccccc6ccc54)cc3)c3ccccc3-c3cccc4ccccc34)cc2)cc1. The van der Waals surface area contributed by atoms with Crippen molar-refractivity contribution < 1.29 is 0 Å². The van der Waals surface area contributed by atoms with E-state index >= 15 is 0 Å². The summed E-state index contributed by atoms with van der Waals surface area (Å²) in [5.74, 6) is 0. The second-order valence-corrected chi connectivity index (χ2v) is 16.5. The number of benzene rings is 11. The van der Waals surface area contributed by atoms with Gasteiger partial charge >= 0.3 is 0 Å². The molecule has 0 saturated heterocycles. The molecule has 11 aromatic carbocycles. The van der Waals surface area contributed by atoms with Gasteiger partial charge in [-0.2, -0.15) is 0 Å². The van der Waals surface area contributed by atoms with Gasteiger partial charge in [-0.3, -0.25) is 0 Å². The number of hydrogen-bond donors (Lipinski definition) is 0. The van der Waals surface area contributed by atoms with Gasteiger partial charge in [0.1, 0.15) is 0 Å². The molecule has 0 bridgehead atoms. The molecule has 0 radical (unpaired) electrons. The van der Waals surface area contributed by atoms with Crippen LogP contribution in [0, 0.1) is 0 Å². The Labute approximate surface area is 373 Å². The molecule has 64 heavy (non-hydrogen) atoms. The smallest absolute Gasteiger partial charge is 0.0547 e. The highest BCUT2D eigenvalue weighted by molar-refractivity contribution is 6.21. The molecule has 0 N–H and O–H groups in total. The lowest BCUT2D eigenvalue weighted by Gasteiger charge is -2.28. The number of para-hydroxylation sites is 2. The molecule has 2 nitrogen and oxygen atoms in total. The summed E-state index contributed by atoms with van der Waals surface area (Å²) >= 11 is 0. The van der Waals surface area contributed by atoms with E-state index in [9.17, 15) is 0 Å². The maximum atomic E-state index is 2.47. The van der Waals surface area contributed by atoms with Crippen molar-refractivity contribution in [2.45, 2.75) is 0 Å². The van der Waals surface area contributed by atoms with Crippen LogP contribution in [0.2, 0.25) is 0 Å². The van der Waals surface area contributed by atoms with Crippen molar-refractivity contribution in [2.24, 2.45) is 0 Å². The van der Waals surface area contributed by atoms with Crippen LogP contribution in [0.3, 0.4) is 0 Å². The van der Waals surface area contributed by atoms with Gasteiger partial charge in [-0.15, -0.1) is 0 Å². The van der Waals surface area contributed by atoms with E-state index < -0.39 is 0 Å². The minimum atomic E-state index is 1.08. The van der Waals surface area contributed by atoms with Gasteiger partial charge in [-0.25, -0.2) is 0 Å². The van der Waals surface area contributed by atoms with Crippen molar-refractivity contribution in [3.8, 4) is 50.2 Å². The zero-order valence-electron chi connectivity index (χ0n) is 35.1. The van der Waals surface area contributed by atoms with Gasteiger partial charge in [0.15, 0.2) is 0 Å². The van der Waals surface area contributed by atoms with Crippen molar-refractivity contribution in [2.75, 3.05) is 4.90 Å². The maximum Gasteiger partial charge on any atom is 0.0547 e. The van der Waals surface area contributed by atoms with Gasteiger partial charge in [0.05, 0.1) is 22.4 Å². The second-order valence-electron chi connectivity index (χ2n) is 16.5. The number of rotatable bonds is 8. The topological polar surface area (TPSA) is 8.17 Å². The van der Waals surface area contributed by atoms with Crippen LogP contribution in [0.1, 0.15) is 0 Å². The Bertz CT molecular complexity index is 3640. The van der Waals surface area contributed by atoms with Crippen LogP contribution in [0.5, 0.6) is 0 Å². The molecule has 0 aliphatic rings. The molecule has 0 spiro atoms. The molecule has 0 atom stereocenters. The van der Waals surface area contributed by atoms with Crippen LogP contribution < -0.4 is 4.90 Å². The molecule has 0 unspecified atom stereocenters. The van der Waals surface area contributed by atoms with Gasteiger partial charge < -0.3 is 9.47 Å². The average molecular weight is 815 g/mol. The fourth-order valence-corrected chi connectivity index (χ4v) is 9.78. The number of anilines is 3. The summed E-state index contributed by atoms with van der Waals surface area (Å²) < 4.78 is 2.47. The molecule has 12 rings (SSSR count). The zero-order chi connectivity index (χ0) is 42.4. The Morgan fingerprint density at radius 3 is 1.53 bits per heavy atom. The van der Waals surface area contributed by atoms with Crippen molar-refractivity contribution in [3.05, 3.63) is 255 Å². The Morgan fingerprint density at radius 1 is 0.281 bits per heavy atom. The average Bonchev–Trinajstić information content (AvgIpc) is 3.72. The van der Waals surface area contributed by atoms with Crippen LogP contribution >= 0.6 is 0 Å². The van der Waals surface area contributed by atoms with E-state index in [4.69, 9.17) is 0 Å². The quantitative estimate of drug-likeness (QED) is 0.148. The van der Waals surface area contributed by atoms with Gasteiger partial charge in [0.2, 0.25) is 0 Å². The predicted octanol–water partition coefficient (Wildman–Crippen LogP) is 17.2. The Balaban J connectivity index is 1.05. The highest BCUT2D eigenvalue weighted by Crippen LogP contribution is 2.45. The molecule has 2 heteroatoms. The third-order valence-corrected chi connectivity index (χ3v) is 12.8. The highest BCUT2D eigenvalue weighted by Gasteiger charge is 2.21. The molecule has 0 aliphatic heterocycles. The molecule has 1 aromatic heterocycles. The van der Waals surface area contributed by atoms with Crippen LogP contribution in [-0.2, 0) is 0 Å². The van der Waals surface area contributed by atoms with Gasteiger partial charge in [0, 0.05) is 33.3 Å². The first-order valence-electron chi connectivity index (χ1n) is 22.0. The van der Waals surface area contributed by atoms with E-state index in [-0.39, 0.29) is 0 Å². The normalized spacial score (nSPS) is 11.4. The van der Waals surface area contributed by atoms with Crippen molar-refractivity contribution in [3.63, 3.8) is 0 Å². The summed E-state index contributed by atoms with van der Waals surface area (Å²) in [5, 5.41) is 7.50. The summed E-state index contributed by atoms with van der Waals surface area (Å²) in [5.41, 5.74) is 16.2. The lowest BCUT2D eigenvalue weighted by atomic mass is 9.95. The summed E-state index contributed by atoms with van der Waals surface area (Å²) in [4.78, 5) is 2.41. The van der Waals surface area contributed by atoms with Crippen LogP contribution in [0.4, 0.5) is 17.1 Å². The highest BCUT2D eigenvalue weighted by atomic mass is 15.1. The molecule has 0 aliphatic carbocycles. The molecule has 0 saturated carbocycles. The van der Waals surface area contributed by atoms with E-state index in [0.29, 0.717) is 0 Å². The van der Waals surface area contributed by atoms with E-state index in [0.717, 1.165) is 28.3 Å². The van der Waals surface area contributed by atoms with Crippen LogP contribution in [0.15, 0.2) is 255 Å². The molecular formula is C62H42N2. The molecule has 0 amide bonds. The fraction of sp³-hybridized carbons (Fsp3) is 0. The first-order chi connectivity index (χ1) is 31.8. The van der Waals surface area contributed by atoms with Crippen molar-refractivity contribution in [1.29, 1.82) is 0 Å². The fourth-order valence-electron chi connectivity index (χ4n) is 9.78. The Hall–Kier alpha value is -8.46. The molecular weight excluding hydrogens is 773 g/mol. The van der Waals surface area contributed by atoms with Gasteiger partial charge in [-0.05, 0) is 110 Å². The molecule has 12 aromatic rings. The van der Waals surface area contributed by atoms with E-state index in [1.54, 1.807) is 0 Å². The number of nitrogens with zero attached hydrogens (tertiary/aromatic N) is 2. The summed E-state index contributed by atoms with van der Waals surface area (Å²) in [6.07, 6.45) is 0. The lowest BCUT2D eigenvalue weighted by Crippen LogP contribution is -2.11. The van der Waals surface area contributed by atoms with Crippen molar-refractivity contribution >= 4 is 60.4 Å². The first-order valence-corrected chi connectivity index (χ1v) is 22.0. The van der Waals surface area contributed by atoms with E-state index in [2.05, 4.69) is 264 Å². The number of fused-ring (bicyclic) bond motifs is 6. The summed E-state index contributed by atoms with van der Waals surface area (Å²) in [7, 11) is 0. The standard InChI is InChI=1S/C62H42N2/c1-3-16-43(17-4-1)45-30-36-50(37-31-45)63(58-28-13-11-25-55(58)54-27-15-22-46-20-7-9-23-52(46)54)51-38-32-48(33-39-51)57-42-49(44-18-5-2-6-19-44)35-40-60(57)64-59-29-14-12-26-56(59)62-53-24-10-8-21-47(53)34-41-61(62)64/h1-42H. The second kappa shape index (κ2) is 15.8. The monoisotopic (exact) mass is 814 g/mol. The summed E-state index contributed by atoms with van der Waals surface area (Å²) in [6, 6.07) is 92.7. The lowest BCUT2D eigenvalue weighted by molar-refractivity contribution is 1.18. The largest absolute Gasteiger partial charge is 0.310 e. The van der Waals surface area contributed by atoms with Crippen molar-refractivity contribution in [1.82, 2.24) is 4.57 Å². The third-order valence-electron chi connectivity index (χ3n) is 12.8. The Kier molecular flexibility index (Phi) is 9.20.